The number of hydrogen-bond acceptors (Lipinski definition) is 7. The van der Waals surface area contributed by atoms with Crippen molar-refractivity contribution in [3.63, 3.8) is 0 Å². The Balaban J connectivity index is 1.59. The Morgan fingerprint density at radius 2 is 2.03 bits per heavy atom. The van der Waals surface area contributed by atoms with Crippen LogP contribution in [-0.4, -0.2) is 27.3 Å². The molecule has 0 bridgehead atoms. The molecule has 1 atom stereocenters. The van der Waals surface area contributed by atoms with Crippen LogP contribution in [0.5, 0.6) is 5.75 Å². The quantitative estimate of drug-likeness (QED) is 0.387. The van der Waals surface area contributed by atoms with Crippen molar-refractivity contribution in [1.29, 1.82) is 0 Å². The lowest BCUT2D eigenvalue weighted by Gasteiger charge is -2.37. The standard InChI is InChI=1S/C23H20N4O3S2/c1-14-19(22-25-21(26-30-22)18-6-4-12-32-18)20(15-7-9-16(28-2)10-8-15)24-23(31)27(14)13-17-5-3-11-29-17/h3-12,20H,13H2,1-2H3,(H,24,31). The zero-order chi connectivity index (χ0) is 22.1. The molecular formula is C23H20N4O3S2. The third-order valence-electron chi connectivity index (χ3n) is 5.34. The van der Waals surface area contributed by atoms with Crippen molar-refractivity contribution >= 4 is 34.2 Å². The van der Waals surface area contributed by atoms with Crippen LogP contribution in [0.3, 0.4) is 0 Å². The lowest BCUT2D eigenvalue weighted by Crippen LogP contribution is -2.45. The summed E-state index contributed by atoms with van der Waals surface area (Å²) in [6, 6.07) is 15.3. The highest BCUT2D eigenvalue weighted by Crippen LogP contribution is 2.38. The van der Waals surface area contributed by atoms with Crippen LogP contribution in [0.1, 0.15) is 30.2 Å². The maximum absolute atomic E-state index is 5.74. The van der Waals surface area contributed by atoms with E-state index in [0.29, 0.717) is 23.4 Å². The molecule has 1 aliphatic rings. The molecule has 162 valence electrons. The van der Waals surface area contributed by atoms with Crippen LogP contribution in [0.4, 0.5) is 0 Å². The molecule has 0 saturated carbocycles. The van der Waals surface area contributed by atoms with E-state index in [4.69, 9.17) is 30.9 Å². The van der Waals surface area contributed by atoms with Crippen molar-refractivity contribution < 1.29 is 13.7 Å². The minimum atomic E-state index is -0.252. The summed E-state index contributed by atoms with van der Waals surface area (Å²) in [6.45, 7) is 2.51. The van der Waals surface area contributed by atoms with Crippen molar-refractivity contribution in [2.24, 2.45) is 0 Å². The van der Waals surface area contributed by atoms with Gasteiger partial charge in [0, 0.05) is 5.70 Å². The molecule has 1 aromatic carbocycles. The minimum Gasteiger partial charge on any atom is -0.497 e. The van der Waals surface area contributed by atoms with Crippen LogP contribution in [0, 0.1) is 0 Å². The molecule has 32 heavy (non-hydrogen) atoms. The number of furan rings is 1. The summed E-state index contributed by atoms with van der Waals surface area (Å²) in [5.41, 5.74) is 2.80. The van der Waals surface area contributed by atoms with Crippen molar-refractivity contribution in [2.75, 3.05) is 7.11 Å². The summed E-state index contributed by atoms with van der Waals surface area (Å²) >= 11 is 7.29. The van der Waals surface area contributed by atoms with Crippen molar-refractivity contribution in [3.8, 4) is 16.5 Å². The number of nitrogens with zero attached hydrogens (tertiary/aromatic N) is 3. The zero-order valence-corrected chi connectivity index (χ0v) is 19.1. The molecule has 1 aliphatic heterocycles. The molecular weight excluding hydrogens is 444 g/mol. The number of aromatic nitrogens is 2. The van der Waals surface area contributed by atoms with Gasteiger partial charge in [0.1, 0.15) is 11.5 Å². The maximum Gasteiger partial charge on any atom is 0.258 e. The van der Waals surface area contributed by atoms with E-state index in [1.165, 1.54) is 0 Å². The van der Waals surface area contributed by atoms with Crippen LogP contribution < -0.4 is 10.1 Å². The molecule has 0 saturated heterocycles. The molecule has 0 radical (unpaired) electrons. The first-order valence-corrected chi connectivity index (χ1v) is 11.3. The molecule has 3 aromatic heterocycles. The van der Waals surface area contributed by atoms with Gasteiger partial charge in [-0.2, -0.15) is 4.98 Å². The monoisotopic (exact) mass is 464 g/mol. The largest absolute Gasteiger partial charge is 0.497 e. The predicted molar refractivity (Wildman–Crippen MR) is 126 cm³/mol. The van der Waals surface area contributed by atoms with Crippen LogP contribution in [0.15, 0.2) is 74.8 Å². The van der Waals surface area contributed by atoms with Gasteiger partial charge in [-0.05, 0) is 60.4 Å². The molecule has 1 N–H and O–H groups in total. The number of nitrogens with one attached hydrogen (secondary N) is 1. The highest BCUT2D eigenvalue weighted by molar-refractivity contribution is 7.80. The van der Waals surface area contributed by atoms with E-state index >= 15 is 0 Å². The van der Waals surface area contributed by atoms with E-state index in [-0.39, 0.29) is 6.04 Å². The van der Waals surface area contributed by atoms with Gasteiger partial charge in [-0.1, -0.05) is 23.4 Å². The number of methoxy groups -OCH3 is 1. The van der Waals surface area contributed by atoms with E-state index < -0.39 is 0 Å². The average molecular weight is 465 g/mol. The smallest absolute Gasteiger partial charge is 0.258 e. The molecule has 0 fully saturated rings. The summed E-state index contributed by atoms with van der Waals surface area (Å²) in [5, 5.41) is 10.3. The summed E-state index contributed by atoms with van der Waals surface area (Å²) < 4.78 is 16.6. The van der Waals surface area contributed by atoms with E-state index in [9.17, 15) is 0 Å². The fourth-order valence-corrected chi connectivity index (χ4v) is 4.66. The summed E-state index contributed by atoms with van der Waals surface area (Å²) in [5.74, 6) is 2.60. The first-order chi connectivity index (χ1) is 15.6. The van der Waals surface area contributed by atoms with Crippen molar-refractivity contribution in [2.45, 2.75) is 19.5 Å². The SMILES string of the molecule is COc1ccc(C2NC(=S)N(Cc3ccco3)C(C)=C2c2nc(-c3cccs3)no2)cc1. The van der Waals surface area contributed by atoms with Gasteiger partial charge >= 0.3 is 0 Å². The first kappa shape index (κ1) is 20.5. The maximum atomic E-state index is 5.74. The second kappa shape index (κ2) is 8.60. The minimum absolute atomic E-state index is 0.252. The Morgan fingerprint density at radius 3 is 2.72 bits per heavy atom. The number of rotatable bonds is 6. The number of ether oxygens (including phenoxy) is 1. The fraction of sp³-hybridized carbons (Fsp3) is 0.174. The van der Waals surface area contributed by atoms with Crippen LogP contribution in [-0.2, 0) is 6.54 Å². The van der Waals surface area contributed by atoms with Gasteiger partial charge in [-0.3, -0.25) is 0 Å². The van der Waals surface area contributed by atoms with Crippen LogP contribution >= 0.6 is 23.6 Å². The lowest BCUT2D eigenvalue weighted by atomic mass is 9.94. The number of thiocarbonyl (C=S) groups is 1. The second-order valence-electron chi connectivity index (χ2n) is 7.22. The third-order valence-corrected chi connectivity index (χ3v) is 6.54. The van der Waals surface area contributed by atoms with Crippen LogP contribution in [0.2, 0.25) is 0 Å². The Labute approximate surface area is 194 Å². The molecule has 9 heteroatoms. The fourth-order valence-electron chi connectivity index (χ4n) is 3.69. The molecule has 4 heterocycles. The second-order valence-corrected chi connectivity index (χ2v) is 8.56. The number of hydrogen-bond donors (Lipinski definition) is 1. The van der Waals surface area contributed by atoms with Crippen molar-refractivity contribution in [1.82, 2.24) is 20.4 Å². The van der Waals surface area contributed by atoms with E-state index in [2.05, 4.69) is 10.5 Å². The molecule has 0 amide bonds. The Morgan fingerprint density at radius 1 is 1.19 bits per heavy atom. The molecule has 0 aliphatic carbocycles. The topological polar surface area (TPSA) is 76.6 Å². The number of thiophene rings is 1. The van der Waals surface area contributed by atoms with Gasteiger partial charge in [0.05, 0.1) is 36.4 Å². The van der Waals surface area contributed by atoms with Gasteiger partial charge in [-0.15, -0.1) is 11.3 Å². The average Bonchev–Trinajstić information content (AvgIpc) is 3.59. The Bertz CT molecular complexity index is 1240. The van der Waals surface area contributed by atoms with Crippen LogP contribution in [0.25, 0.3) is 16.3 Å². The van der Waals surface area contributed by atoms with Crippen molar-refractivity contribution in [3.05, 3.63) is 83.1 Å². The van der Waals surface area contributed by atoms with Gasteiger partial charge in [-0.25, -0.2) is 0 Å². The molecule has 0 spiro atoms. The zero-order valence-electron chi connectivity index (χ0n) is 17.4. The molecule has 5 rings (SSSR count). The predicted octanol–water partition coefficient (Wildman–Crippen LogP) is 5.26. The summed E-state index contributed by atoms with van der Waals surface area (Å²) in [6.07, 6.45) is 1.65. The first-order valence-electron chi connectivity index (χ1n) is 9.97. The summed E-state index contributed by atoms with van der Waals surface area (Å²) in [4.78, 5) is 7.64. The highest BCUT2D eigenvalue weighted by Gasteiger charge is 2.34. The van der Waals surface area contributed by atoms with E-state index in [1.807, 2.05) is 65.7 Å². The number of allylic oxidation sites excluding steroid dienone is 1. The summed E-state index contributed by atoms with van der Waals surface area (Å²) in [7, 11) is 1.65. The van der Waals surface area contributed by atoms with E-state index in [1.54, 1.807) is 24.7 Å². The van der Waals surface area contributed by atoms with Gasteiger partial charge < -0.3 is 23.9 Å². The van der Waals surface area contributed by atoms with Gasteiger partial charge in [0.25, 0.3) is 5.89 Å². The van der Waals surface area contributed by atoms with Gasteiger partial charge in [0.2, 0.25) is 5.82 Å². The lowest BCUT2D eigenvalue weighted by molar-refractivity contribution is 0.382. The van der Waals surface area contributed by atoms with Gasteiger partial charge in [0.15, 0.2) is 5.11 Å². The molecule has 1 unspecified atom stereocenters. The third kappa shape index (κ3) is 3.80. The normalized spacial score (nSPS) is 16.4. The Hall–Kier alpha value is -3.43. The van der Waals surface area contributed by atoms with E-state index in [0.717, 1.165) is 33.2 Å². The Kier molecular flexibility index (Phi) is 5.50. The number of benzene rings is 1. The molecule has 7 nitrogen and oxygen atoms in total. The molecule has 4 aromatic rings. The highest BCUT2D eigenvalue weighted by atomic mass is 32.1.